The van der Waals surface area contributed by atoms with Gasteiger partial charge >= 0.3 is 0 Å². The summed E-state index contributed by atoms with van der Waals surface area (Å²) in [5.74, 6) is 0.535. The molecule has 13 heavy (non-hydrogen) atoms. The molecule has 0 saturated heterocycles. The fourth-order valence-corrected chi connectivity index (χ4v) is 1.34. The van der Waals surface area contributed by atoms with E-state index in [1.165, 1.54) is 0 Å². The minimum absolute atomic E-state index is 0.418. The fraction of sp³-hybridized carbons (Fsp3) is 0.111. The Kier molecular flexibility index (Phi) is 1.73. The zero-order chi connectivity index (χ0) is 9.26. The number of rotatable bonds is 2. The molecule has 4 nitrogen and oxygen atoms in total. The molecular weight excluding hydrogens is 168 g/mol. The van der Waals surface area contributed by atoms with Crippen LogP contribution in [0.3, 0.4) is 0 Å². The molecule has 0 fully saturated rings. The molecule has 0 aliphatic rings. The monoisotopic (exact) mass is 176 g/mol. The highest BCUT2D eigenvalue weighted by Gasteiger charge is 2.05. The Hall–Kier alpha value is -1.84. The van der Waals surface area contributed by atoms with Crippen LogP contribution in [0.4, 0.5) is 0 Å². The summed E-state index contributed by atoms with van der Waals surface area (Å²) in [6, 6.07) is 5.47. The van der Waals surface area contributed by atoms with Gasteiger partial charge in [0.05, 0.1) is 6.20 Å². The van der Waals surface area contributed by atoms with Crippen molar-refractivity contribution in [1.82, 2.24) is 9.78 Å². The van der Waals surface area contributed by atoms with E-state index in [1.807, 2.05) is 12.1 Å². The molecule has 66 valence electrons. The number of benzene rings is 1. The lowest BCUT2D eigenvalue weighted by Crippen LogP contribution is -1.94. The highest BCUT2D eigenvalue weighted by molar-refractivity contribution is 5.85. The summed E-state index contributed by atoms with van der Waals surface area (Å²) in [4.78, 5) is 10.2. The average molecular weight is 176 g/mol. The smallest absolute Gasteiger partial charge is 0.298 e. The maximum absolute atomic E-state index is 10.2. The predicted octanol–water partition coefficient (Wildman–Crippen LogP) is 1.11. The lowest BCUT2D eigenvalue weighted by atomic mass is 10.2. The number of hydrogen-bond acceptors (Lipinski definition) is 3. The first-order valence-corrected chi connectivity index (χ1v) is 3.84. The van der Waals surface area contributed by atoms with Crippen LogP contribution in [-0.4, -0.2) is 16.3 Å². The van der Waals surface area contributed by atoms with Crippen LogP contribution in [0.25, 0.3) is 10.9 Å². The van der Waals surface area contributed by atoms with E-state index in [0.717, 1.165) is 10.9 Å². The number of carbonyl (C=O) groups is 1. The van der Waals surface area contributed by atoms with Crippen molar-refractivity contribution in [1.29, 1.82) is 0 Å². The Morgan fingerprint density at radius 1 is 1.54 bits per heavy atom. The second-order valence-corrected chi connectivity index (χ2v) is 2.68. The Morgan fingerprint density at radius 3 is 3.15 bits per heavy atom. The van der Waals surface area contributed by atoms with Crippen molar-refractivity contribution in [2.24, 2.45) is 7.05 Å². The van der Waals surface area contributed by atoms with Gasteiger partial charge in [0.1, 0.15) is 5.52 Å². The van der Waals surface area contributed by atoms with Crippen molar-refractivity contribution >= 4 is 17.4 Å². The number of hydrogen-bond donors (Lipinski definition) is 0. The van der Waals surface area contributed by atoms with Crippen molar-refractivity contribution in [2.45, 2.75) is 0 Å². The summed E-state index contributed by atoms with van der Waals surface area (Å²) >= 11 is 0. The number of aromatic nitrogens is 2. The lowest BCUT2D eigenvalue weighted by Gasteiger charge is -2.00. The van der Waals surface area contributed by atoms with Crippen LogP contribution < -0.4 is 4.74 Å². The molecule has 4 heteroatoms. The van der Waals surface area contributed by atoms with Gasteiger partial charge in [-0.3, -0.25) is 9.48 Å². The molecule has 1 aromatic heterocycles. The van der Waals surface area contributed by atoms with Gasteiger partial charge in [-0.1, -0.05) is 12.1 Å². The Labute approximate surface area is 74.7 Å². The van der Waals surface area contributed by atoms with Crippen molar-refractivity contribution in [3.63, 3.8) is 0 Å². The molecule has 1 aromatic carbocycles. The summed E-state index contributed by atoms with van der Waals surface area (Å²) in [5, 5.41) is 5.02. The van der Waals surface area contributed by atoms with E-state index >= 15 is 0 Å². The zero-order valence-electron chi connectivity index (χ0n) is 7.10. The van der Waals surface area contributed by atoms with Crippen LogP contribution in [0.2, 0.25) is 0 Å². The molecule has 0 aliphatic carbocycles. The minimum atomic E-state index is 0.418. The number of fused-ring (bicyclic) bond motifs is 1. The molecule has 0 amide bonds. The third-order valence-corrected chi connectivity index (χ3v) is 1.90. The van der Waals surface area contributed by atoms with Crippen LogP contribution in [0.15, 0.2) is 24.4 Å². The summed E-state index contributed by atoms with van der Waals surface area (Å²) in [6.45, 7) is 0.418. The molecular formula is C9H8N2O2. The Bertz CT molecular complexity index is 448. The SMILES string of the molecule is Cn1ncc2cccc(OC=O)c21. The van der Waals surface area contributed by atoms with Crippen molar-refractivity contribution in [3.8, 4) is 5.75 Å². The third kappa shape index (κ3) is 1.16. The maximum atomic E-state index is 10.2. The normalized spacial score (nSPS) is 10.2. The van der Waals surface area contributed by atoms with Gasteiger partial charge in [-0.2, -0.15) is 5.10 Å². The van der Waals surface area contributed by atoms with E-state index in [-0.39, 0.29) is 0 Å². The van der Waals surface area contributed by atoms with Gasteiger partial charge in [0.25, 0.3) is 6.47 Å². The van der Waals surface area contributed by atoms with Crippen LogP contribution in [-0.2, 0) is 11.8 Å². The van der Waals surface area contributed by atoms with Crippen molar-refractivity contribution < 1.29 is 9.53 Å². The molecule has 0 saturated carbocycles. The number of para-hydroxylation sites is 1. The molecule has 0 unspecified atom stereocenters. The highest BCUT2D eigenvalue weighted by atomic mass is 16.5. The van der Waals surface area contributed by atoms with Crippen LogP contribution in [0.5, 0.6) is 5.75 Å². The zero-order valence-corrected chi connectivity index (χ0v) is 7.10. The van der Waals surface area contributed by atoms with Gasteiger partial charge in [-0.25, -0.2) is 0 Å². The Balaban J connectivity index is 2.72. The van der Waals surface area contributed by atoms with Gasteiger partial charge in [0.2, 0.25) is 0 Å². The van der Waals surface area contributed by atoms with E-state index in [2.05, 4.69) is 5.10 Å². The predicted molar refractivity (Wildman–Crippen MR) is 47.4 cm³/mol. The van der Waals surface area contributed by atoms with Gasteiger partial charge in [0, 0.05) is 12.4 Å². The lowest BCUT2D eigenvalue weighted by molar-refractivity contribution is -0.120. The Morgan fingerprint density at radius 2 is 2.38 bits per heavy atom. The third-order valence-electron chi connectivity index (χ3n) is 1.90. The molecule has 0 atom stereocenters. The molecule has 0 radical (unpaired) electrons. The first-order chi connectivity index (χ1) is 6.33. The molecule has 0 aliphatic heterocycles. The van der Waals surface area contributed by atoms with Gasteiger partial charge in [0.15, 0.2) is 5.75 Å². The minimum Gasteiger partial charge on any atom is -0.426 e. The van der Waals surface area contributed by atoms with Gasteiger partial charge < -0.3 is 4.74 Å². The molecule has 0 spiro atoms. The second kappa shape index (κ2) is 2.90. The quantitative estimate of drug-likeness (QED) is 0.644. The second-order valence-electron chi connectivity index (χ2n) is 2.68. The molecule has 2 rings (SSSR count). The topological polar surface area (TPSA) is 44.1 Å². The van der Waals surface area contributed by atoms with Gasteiger partial charge in [-0.15, -0.1) is 0 Å². The first-order valence-electron chi connectivity index (χ1n) is 3.84. The summed E-state index contributed by atoms with van der Waals surface area (Å²) in [6.07, 6.45) is 1.73. The summed E-state index contributed by atoms with van der Waals surface area (Å²) < 4.78 is 6.49. The summed E-state index contributed by atoms with van der Waals surface area (Å²) in [7, 11) is 1.81. The number of ether oxygens (including phenoxy) is 1. The van der Waals surface area contributed by atoms with E-state index in [9.17, 15) is 4.79 Å². The van der Waals surface area contributed by atoms with E-state index in [1.54, 1.807) is 24.0 Å². The number of aryl methyl sites for hydroxylation is 1. The van der Waals surface area contributed by atoms with Crippen LogP contribution in [0, 0.1) is 0 Å². The van der Waals surface area contributed by atoms with E-state index in [0.29, 0.717) is 12.2 Å². The number of nitrogens with zero attached hydrogens (tertiary/aromatic N) is 2. The standard InChI is InChI=1S/C9H8N2O2/c1-11-9-7(5-10-11)3-2-4-8(9)13-6-12/h2-6H,1H3. The number of carbonyl (C=O) groups excluding carboxylic acids is 1. The fourth-order valence-electron chi connectivity index (χ4n) is 1.34. The molecule has 2 aromatic rings. The molecule has 0 bridgehead atoms. The van der Waals surface area contributed by atoms with Crippen LogP contribution >= 0.6 is 0 Å². The van der Waals surface area contributed by atoms with Crippen LogP contribution in [0.1, 0.15) is 0 Å². The average Bonchev–Trinajstić information content (AvgIpc) is 2.50. The van der Waals surface area contributed by atoms with Gasteiger partial charge in [-0.05, 0) is 6.07 Å². The summed E-state index contributed by atoms with van der Waals surface area (Å²) in [5.41, 5.74) is 0.828. The largest absolute Gasteiger partial charge is 0.426 e. The molecule has 1 heterocycles. The highest BCUT2D eigenvalue weighted by Crippen LogP contribution is 2.23. The molecule has 0 N–H and O–H groups in total. The van der Waals surface area contributed by atoms with E-state index in [4.69, 9.17) is 4.74 Å². The van der Waals surface area contributed by atoms with Crippen molar-refractivity contribution in [2.75, 3.05) is 0 Å². The maximum Gasteiger partial charge on any atom is 0.298 e. The van der Waals surface area contributed by atoms with Crippen molar-refractivity contribution in [3.05, 3.63) is 24.4 Å². The van der Waals surface area contributed by atoms with E-state index < -0.39 is 0 Å². The first kappa shape index (κ1) is 7.79.